The normalized spacial score (nSPS) is 5.00. The van der Waals surface area contributed by atoms with Crippen molar-refractivity contribution in [2.75, 3.05) is 0 Å². The van der Waals surface area contributed by atoms with Crippen LogP contribution in [-0.2, 0) is 11.4 Å². The van der Waals surface area contributed by atoms with E-state index in [1.165, 1.54) is 0 Å². The van der Waals surface area contributed by atoms with Gasteiger partial charge in [-0.25, -0.2) is 0 Å². The summed E-state index contributed by atoms with van der Waals surface area (Å²) >= 11 is -3.11. The average molecular weight is 182 g/mol. The third-order valence-corrected chi connectivity index (χ3v) is 0. The summed E-state index contributed by atoms with van der Waals surface area (Å²) in [5, 5.41) is 0. The molecule has 7 heteroatoms. The fraction of sp³-hybridized carbons (Fsp3) is 0. The van der Waals surface area contributed by atoms with Crippen LogP contribution in [0.25, 0.3) is 0 Å². The number of hydrogen-bond donors (Lipinski definition) is 0. The molecule has 0 amide bonds. The Balaban J connectivity index is -0.00000000750. The Kier molecular flexibility index (Phi) is 53.8. The van der Waals surface area contributed by atoms with Crippen molar-refractivity contribution in [1.29, 1.82) is 0 Å². The van der Waals surface area contributed by atoms with Crippen molar-refractivity contribution >= 4 is 11.4 Å². The molecule has 0 radical (unpaired) electrons. The molecule has 0 aromatic rings. The van der Waals surface area contributed by atoms with Crippen molar-refractivity contribution in [3.05, 3.63) is 0 Å². The maximum absolute atomic E-state index is 8.44. The van der Waals surface area contributed by atoms with E-state index in [1.807, 2.05) is 0 Å². The Morgan fingerprint density at radius 3 is 1.29 bits per heavy atom. The van der Waals surface area contributed by atoms with E-state index < -0.39 is 11.4 Å². The van der Waals surface area contributed by atoms with Crippen molar-refractivity contribution in [1.82, 2.24) is 0 Å². The van der Waals surface area contributed by atoms with Gasteiger partial charge in [-0.05, 0) is 0 Å². The van der Waals surface area contributed by atoms with Crippen molar-refractivity contribution in [2.24, 2.45) is 0 Å². The van der Waals surface area contributed by atoms with Gasteiger partial charge in [0.25, 0.3) is 0 Å². The number of rotatable bonds is 0. The molecule has 28 valence electrons. The van der Waals surface area contributed by atoms with E-state index in [-0.39, 0.29) is 134 Å². The molecule has 0 unspecified atom stereocenters. The van der Waals surface area contributed by atoms with Crippen LogP contribution in [0, 0.1) is 0 Å². The molecular weight excluding hydrogens is 181 g/mol. The third kappa shape index (κ3) is 38.2. The molecule has 0 aromatic heterocycles. The summed E-state index contributed by atoms with van der Waals surface area (Å²) in [5.74, 6) is 0. The minimum atomic E-state index is -3.11. The smallest absolute Gasteiger partial charge is 1.00 e. The van der Waals surface area contributed by atoms with Crippen LogP contribution in [0.15, 0.2) is 0 Å². The SMILES string of the molecule is O=S([O-])[O-].[H-].[K+].[K+].[Na+]. The first kappa shape index (κ1) is 22.5. The molecule has 0 N–H and O–H groups in total. The van der Waals surface area contributed by atoms with Crippen molar-refractivity contribution < 1.29 is 147 Å². The topological polar surface area (TPSA) is 63.2 Å². The second-order valence-corrected chi connectivity index (χ2v) is 0.612. The van der Waals surface area contributed by atoms with Crippen LogP contribution < -0.4 is 132 Å². The molecule has 0 saturated heterocycles. The van der Waals surface area contributed by atoms with Crippen LogP contribution in [0.4, 0.5) is 0 Å². The van der Waals surface area contributed by atoms with Crippen LogP contribution in [0.5, 0.6) is 0 Å². The van der Waals surface area contributed by atoms with E-state index >= 15 is 0 Å². The summed E-state index contributed by atoms with van der Waals surface area (Å²) in [6.45, 7) is 0. The molecule has 0 aliphatic rings. The molecule has 0 heterocycles. The number of hydrogen-bond acceptors (Lipinski definition) is 3. The zero-order chi connectivity index (χ0) is 3.58. The fourth-order valence-electron chi connectivity index (χ4n) is 0. The van der Waals surface area contributed by atoms with Gasteiger partial charge in [0.1, 0.15) is 0 Å². The van der Waals surface area contributed by atoms with Gasteiger partial charge in [-0.15, -0.1) is 11.4 Å². The standard InChI is InChI=1S/2K.Na.H2O3S.H/c;;;1-4(2)3;/h;;;(H2,1,2,3);/q3*+1;;-1/p-2. The summed E-state index contributed by atoms with van der Waals surface area (Å²) in [7, 11) is 0. The molecule has 3 nitrogen and oxygen atoms in total. The summed E-state index contributed by atoms with van der Waals surface area (Å²) in [6.07, 6.45) is 0. The van der Waals surface area contributed by atoms with E-state index in [1.54, 1.807) is 0 Å². The van der Waals surface area contributed by atoms with Crippen LogP contribution in [0.1, 0.15) is 1.43 Å². The van der Waals surface area contributed by atoms with E-state index in [9.17, 15) is 0 Å². The van der Waals surface area contributed by atoms with E-state index in [2.05, 4.69) is 0 Å². The Labute approximate surface area is 153 Å². The van der Waals surface area contributed by atoms with E-state index in [0.717, 1.165) is 0 Å². The van der Waals surface area contributed by atoms with Gasteiger partial charge in [0.05, 0.1) is 0 Å². The molecular formula is HK2NaO3S. The van der Waals surface area contributed by atoms with Crippen LogP contribution in [0.2, 0.25) is 0 Å². The first-order valence-electron chi connectivity index (χ1n) is 0.500. The van der Waals surface area contributed by atoms with E-state index in [4.69, 9.17) is 13.3 Å². The average Bonchev–Trinajstić information content (AvgIpc) is 0.811. The fourth-order valence-corrected chi connectivity index (χ4v) is 0. The first-order chi connectivity index (χ1) is 1.73. The molecule has 0 atom stereocenters. The Hall–Kier alpha value is 4.34. The molecule has 0 spiro atoms. The van der Waals surface area contributed by atoms with Crippen molar-refractivity contribution in [3.8, 4) is 0 Å². The monoisotopic (exact) mass is 182 g/mol. The molecule has 0 aromatic carbocycles. The van der Waals surface area contributed by atoms with Crippen LogP contribution in [0.3, 0.4) is 0 Å². The zero-order valence-corrected chi connectivity index (χ0v) is 13.7. The summed E-state index contributed by atoms with van der Waals surface area (Å²) < 4.78 is 25.3. The molecule has 0 rings (SSSR count). The van der Waals surface area contributed by atoms with E-state index in [0.29, 0.717) is 0 Å². The van der Waals surface area contributed by atoms with Crippen LogP contribution >= 0.6 is 0 Å². The quantitative estimate of drug-likeness (QED) is 0.276. The van der Waals surface area contributed by atoms with Crippen molar-refractivity contribution in [2.45, 2.75) is 0 Å². The predicted octanol–water partition coefficient (Wildman–Crippen LogP) is -9.88. The largest absolute Gasteiger partial charge is 1.00 e. The van der Waals surface area contributed by atoms with Crippen molar-refractivity contribution in [3.63, 3.8) is 0 Å². The third-order valence-electron chi connectivity index (χ3n) is 0. The van der Waals surface area contributed by atoms with Gasteiger partial charge in [0, 0.05) is 0 Å². The maximum Gasteiger partial charge on any atom is 1.00 e. The molecule has 0 saturated carbocycles. The van der Waals surface area contributed by atoms with Crippen LogP contribution in [-0.4, -0.2) is 13.3 Å². The molecule has 0 aliphatic carbocycles. The minimum absolute atomic E-state index is 0. The van der Waals surface area contributed by atoms with Gasteiger partial charge in [-0.3, -0.25) is 4.21 Å². The van der Waals surface area contributed by atoms with Gasteiger partial charge >= 0.3 is 132 Å². The summed E-state index contributed by atoms with van der Waals surface area (Å²) in [5.41, 5.74) is 0. The summed E-state index contributed by atoms with van der Waals surface area (Å²) in [4.78, 5) is 0. The zero-order valence-electron chi connectivity index (χ0n) is 5.63. The second-order valence-electron chi connectivity index (χ2n) is 0.204. The molecule has 7 heavy (non-hydrogen) atoms. The molecule has 0 bridgehead atoms. The molecule has 0 fully saturated rings. The maximum atomic E-state index is 8.44. The Bertz CT molecular complexity index is 40.3. The Morgan fingerprint density at radius 2 is 1.29 bits per heavy atom. The molecule has 0 aliphatic heterocycles. The van der Waals surface area contributed by atoms with Gasteiger partial charge in [0.2, 0.25) is 0 Å². The Morgan fingerprint density at radius 1 is 1.29 bits per heavy atom. The predicted molar refractivity (Wildman–Crippen MR) is 10.8 cm³/mol. The van der Waals surface area contributed by atoms with Gasteiger partial charge in [-0.2, -0.15) is 0 Å². The van der Waals surface area contributed by atoms with Gasteiger partial charge in [0.15, 0.2) is 0 Å². The second kappa shape index (κ2) is 16.7. The van der Waals surface area contributed by atoms with Gasteiger partial charge in [-0.1, -0.05) is 0 Å². The summed E-state index contributed by atoms with van der Waals surface area (Å²) in [6, 6.07) is 0. The van der Waals surface area contributed by atoms with Gasteiger partial charge < -0.3 is 10.5 Å². The first-order valence-corrected chi connectivity index (χ1v) is 1.50. The minimum Gasteiger partial charge on any atom is -1.00 e.